The summed E-state index contributed by atoms with van der Waals surface area (Å²) in [5.41, 5.74) is 1.77. The van der Waals surface area contributed by atoms with Crippen LogP contribution < -0.4 is 19.1 Å². The first-order valence-corrected chi connectivity index (χ1v) is 17.1. The number of ether oxygens (including phenoxy) is 2. The van der Waals surface area contributed by atoms with Crippen molar-refractivity contribution in [3.63, 3.8) is 0 Å². The van der Waals surface area contributed by atoms with E-state index in [-0.39, 0.29) is 29.5 Å². The Labute approximate surface area is 282 Å². The van der Waals surface area contributed by atoms with Gasteiger partial charge < -0.3 is 19.7 Å². The minimum Gasteiger partial charge on any atom is -0.493 e. The molecule has 1 N–H and O–H groups in total. The molecule has 0 unspecified atom stereocenters. The maximum Gasteiger partial charge on any atom is 0.264 e. The third-order valence-electron chi connectivity index (χ3n) is 7.63. The summed E-state index contributed by atoms with van der Waals surface area (Å²) < 4.78 is 40.3. The molecule has 47 heavy (non-hydrogen) atoms. The number of hydrogen-bond acceptors (Lipinski definition) is 6. The Morgan fingerprint density at radius 1 is 0.830 bits per heavy atom. The van der Waals surface area contributed by atoms with Crippen molar-refractivity contribution >= 4 is 39.1 Å². The zero-order chi connectivity index (χ0) is 33.8. The smallest absolute Gasteiger partial charge is 0.264 e. The lowest BCUT2D eigenvalue weighted by molar-refractivity contribution is -0.140. The Bertz CT molecular complexity index is 1720. The minimum absolute atomic E-state index is 0.00461. The highest BCUT2D eigenvalue weighted by Crippen LogP contribution is 2.34. The lowest BCUT2D eigenvalue weighted by Crippen LogP contribution is -2.53. The van der Waals surface area contributed by atoms with Crippen LogP contribution >= 0.6 is 11.6 Å². The van der Waals surface area contributed by atoms with E-state index in [1.807, 2.05) is 37.3 Å². The molecule has 0 fully saturated rings. The Morgan fingerprint density at radius 3 is 2.09 bits per heavy atom. The van der Waals surface area contributed by atoms with Gasteiger partial charge in [-0.2, -0.15) is 0 Å². The molecule has 0 aliphatic heterocycles. The molecule has 0 aliphatic carbocycles. The van der Waals surface area contributed by atoms with Crippen LogP contribution in [0.5, 0.6) is 11.5 Å². The molecule has 2 amide bonds. The summed E-state index contributed by atoms with van der Waals surface area (Å²) >= 11 is 6.16. The molecule has 0 spiro atoms. The summed E-state index contributed by atoms with van der Waals surface area (Å²) in [6.07, 6.45) is 1.88. The van der Waals surface area contributed by atoms with Crippen molar-refractivity contribution in [1.29, 1.82) is 0 Å². The molecule has 0 aliphatic rings. The fraction of sp³-hybridized carbons (Fsp3) is 0.278. The molecular formula is C36H40ClN3O6S. The van der Waals surface area contributed by atoms with E-state index in [0.29, 0.717) is 23.1 Å². The van der Waals surface area contributed by atoms with Gasteiger partial charge in [0.1, 0.15) is 12.6 Å². The zero-order valence-corrected chi connectivity index (χ0v) is 28.3. The summed E-state index contributed by atoms with van der Waals surface area (Å²) in [5.74, 6) is -0.203. The number of carbonyl (C=O) groups excluding carboxylic acids is 2. The molecule has 11 heteroatoms. The molecule has 0 aromatic heterocycles. The molecule has 4 aromatic carbocycles. The molecule has 0 radical (unpaired) electrons. The van der Waals surface area contributed by atoms with Gasteiger partial charge in [-0.05, 0) is 53.9 Å². The third kappa shape index (κ3) is 9.27. The van der Waals surface area contributed by atoms with Crippen LogP contribution in [0.4, 0.5) is 5.69 Å². The van der Waals surface area contributed by atoms with E-state index in [4.69, 9.17) is 21.1 Å². The number of rotatable bonds is 16. The van der Waals surface area contributed by atoms with Gasteiger partial charge in [-0.15, -0.1) is 0 Å². The number of carbonyl (C=O) groups is 2. The number of unbranched alkanes of at least 4 members (excludes halogenated alkanes) is 1. The topological polar surface area (TPSA) is 105 Å². The second kappa shape index (κ2) is 16.9. The first kappa shape index (κ1) is 35.3. The van der Waals surface area contributed by atoms with Gasteiger partial charge in [-0.25, -0.2) is 8.42 Å². The number of methoxy groups -OCH3 is 2. The molecule has 1 atom stereocenters. The second-order valence-corrected chi connectivity index (χ2v) is 13.2. The number of benzene rings is 4. The quantitative estimate of drug-likeness (QED) is 0.144. The summed E-state index contributed by atoms with van der Waals surface area (Å²) in [7, 11) is -1.33. The molecule has 0 bridgehead atoms. The lowest BCUT2D eigenvalue weighted by Gasteiger charge is -2.34. The van der Waals surface area contributed by atoms with Crippen molar-refractivity contribution in [2.24, 2.45) is 0 Å². The average molecular weight is 678 g/mol. The van der Waals surface area contributed by atoms with Crippen LogP contribution in [-0.4, -0.2) is 58.5 Å². The van der Waals surface area contributed by atoms with E-state index >= 15 is 0 Å². The molecule has 4 rings (SSSR count). The first-order chi connectivity index (χ1) is 22.7. The Morgan fingerprint density at radius 2 is 1.47 bits per heavy atom. The predicted molar refractivity (Wildman–Crippen MR) is 184 cm³/mol. The van der Waals surface area contributed by atoms with Crippen LogP contribution in [-0.2, 0) is 32.6 Å². The van der Waals surface area contributed by atoms with Crippen molar-refractivity contribution < 1.29 is 27.5 Å². The summed E-state index contributed by atoms with van der Waals surface area (Å²) in [6, 6.07) is 28.0. The maximum atomic E-state index is 14.6. The summed E-state index contributed by atoms with van der Waals surface area (Å²) in [4.78, 5) is 29.9. The van der Waals surface area contributed by atoms with Gasteiger partial charge in [0.15, 0.2) is 11.5 Å². The summed E-state index contributed by atoms with van der Waals surface area (Å²) in [6.45, 7) is 1.93. The van der Waals surface area contributed by atoms with Crippen LogP contribution in [0.1, 0.15) is 30.9 Å². The van der Waals surface area contributed by atoms with Crippen molar-refractivity contribution in [2.75, 3.05) is 31.6 Å². The standard InChI is InChI=1S/C36H40ClN3O6S/c1-4-5-22-38-36(42)32(23-27-12-8-6-9-13-27)39(25-28-16-18-29(37)19-17-28)35(41)26-40(47(43,44)31-14-10-7-11-15-31)30-20-21-33(45-2)34(24-30)46-3/h6-21,24,32H,4-5,22-23,25-26H2,1-3H3,(H,38,42)/t32-/m0/s1. The number of anilines is 1. The van der Waals surface area contributed by atoms with Gasteiger partial charge in [0.25, 0.3) is 10.0 Å². The monoisotopic (exact) mass is 677 g/mol. The Hall–Kier alpha value is -4.54. The first-order valence-electron chi connectivity index (χ1n) is 15.3. The molecule has 0 saturated heterocycles. The lowest BCUT2D eigenvalue weighted by atomic mass is 10.0. The van der Waals surface area contributed by atoms with E-state index in [9.17, 15) is 18.0 Å². The van der Waals surface area contributed by atoms with E-state index in [0.717, 1.165) is 28.3 Å². The highest BCUT2D eigenvalue weighted by atomic mass is 35.5. The van der Waals surface area contributed by atoms with Crippen molar-refractivity contribution in [1.82, 2.24) is 10.2 Å². The maximum absolute atomic E-state index is 14.6. The van der Waals surface area contributed by atoms with E-state index in [2.05, 4.69) is 5.32 Å². The van der Waals surface area contributed by atoms with Gasteiger partial charge in [-0.3, -0.25) is 13.9 Å². The predicted octanol–water partition coefficient (Wildman–Crippen LogP) is 6.11. The number of sulfonamides is 1. The molecule has 9 nitrogen and oxygen atoms in total. The number of hydrogen-bond donors (Lipinski definition) is 1. The number of nitrogens with zero attached hydrogens (tertiary/aromatic N) is 2. The van der Waals surface area contributed by atoms with E-state index in [1.165, 1.54) is 37.3 Å². The highest BCUT2D eigenvalue weighted by molar-refractivity contribution is 7.92. The van der Waals surface area contributed by atoms with E-state index in [1.54, 1.807) is 54.6 Å². The molecule has 0 heterocycles. The van der Waals surface area contributed by atoms with Crippen LogP contribution in [0.25, 0.3) is 0 Å². The van der Waals surface area contributed by atoms with Crippen molar-refractivity contribution in [2.45, 2.75) is 43.7 Å². The minimum atomic E-state index is -4.26. The molecular weight excluding hydrogens is 638 g/mol. The fourth-order valence-corrected chi connectivity index (χ4v) is 6.63. The molecule has 4 aromatic rings. The van der Waals surface area contributed by atoms with Crippen LogP contribution in [0.15, 0.2) is 108 Å². The molecule has 248 valence electrons. The number of nitrogens with one attached hydrogen (secondary N) is 1. The SMILES string of the molecule is CCCCNC(=O)[C@H](Cc1ccccc1)N(Cc1ccc(Cl)cc1)C(=O)CN(c1ccc(OC)c(OC)c1)S(=O)(=O)c1ccccc1. The average Bonchev–Trinajstić information content (AvgIpc) is 3.10. The number of halogens is 1. The van der Waals surface area contributed by atoms with Crippen molar-refractivity contribution in [3.8, 4) is 11.5 Å². The Balaban J connectivity index is 1.81. The second-order valence-electron chi connectivity index (χ2n) is 10.9. The van der Waals surface area contributed by atoms with Crippen molar-refractivity contribution in [3.05, 3.63) is 119 Å². The van der Waals surface area contributed by atoms with Gasteiger partial charge >= 0.3 is 0 Å². The third-order valence-corrected chi connectivity index (χ3v) is 9.67. The van der Waals surface area contributed by atoms with Crippen LogP contribution in [0.2, 0.25) is 5.02 Å². The normalized spacial score (nSPS) is 11.7. The Kier molecular flexibility index (Phi) is 12.7. The van der Waals surface area contributed by atoms with Gasteiger partial charge in [0.2, 0.25) is 11.8 Å². The van der Waals surface area contributed by atoms with Crippen LogP contribution in [0, 0.1) is 0 Å². The van der Waals surface area contributed by atoms with Gasteiger partial charge in [-0.1, -0.05) is 85.6 Å². The summed E-state index contributed by atoms with van der Waals surface area (Å²) in [5, 5.41) is 3.51. The van der Waals surface area contributed by atoms with Gasteiger partial charge in [0, 0.05) is 30.6 Å². The largest absolute Gasteiger partial charge is 0.493 e. The van der Waals surface area contributed by atoms with Gasteiger partial charge in [0.05, 0.1) is 24.8 Å². The van der Waals surface area contributed by atoms with E-state index < -0.39 is 28.5 Å². The van der Waals surface area contributed by atoms with Crippen LogP contribution in [0.3, 0.4) is 0 Å². The number of amides is 2. The zero-order valence-electron chi connectivity index (χ0n) is 26.8. The fourth-order valence-electron chi connectivity index (χ4n) is 5.08. The molecule has 0 saturated carbocycles. The highest BCUT2D eigenvalue weighted by Gasteiger charge is 2.35.